The number of aromatic nitrogens is 13. The lowest BCUT2D eigenvalue weighted by molar-refractivity contribution is 0.941. The van der Waals surface area contributed by atoms with E-state index in [0.29, 0.717) is 0 Å². The summed E-state index contributed by atoms with van der Waals surface area (Å²) < 4.78 is 8.65. The molecule has 0 unspecified atom stereocenters. The Morgan fingerprint density at radius 3 is 2.09 bits per heavy atom. The molecule has 54 heavy (non-hydrogen) atoms. The van der Waals surface area contributed by atoms with Gasteiger partial charge >= 0.3 is 0 Å². The van der Waals surface area contributed by atoms with E-state index in [1.54, 1.807) is 72.8 Å². The van der Waals surface area contributed by atoms with Crippen LogP contribution in [-0.4, -0.2) is 62.9 Å². The fraction of sp³-hybridized carbons (Fsp3) is 0. The molecule has 0 saturated heterocycles. The van der Waals surface area contributed by atoms with Gasteiger partial charge in [-0.2, -0.15) is 10.2 Å². The molecular formula is C39H31N13S2. The average Bonchev–Trinajstić information content (AvgIpc) is 4.09. The van der Waals surface area contributed by atoms with E-state index >= 15 is 0 Å². The highest BCUT2D eigenvalue weighted by Crippen LogP contribution is 2.16. The van der Waals surface area contributed by atoms with Gasteiger partial charge in [-0.3, -0.25) is 4.40 Å². The van der Waals surface area contributed by atoms with Gasteiger partial charge in [0.25, 0.3) is 0 Å². The summed E-state index contributed by atoms with van der Waals surface area (Å²) in [5.74, 6) is 0. The molecule has 15 heteroatoms. The van der Waals surface area contributed by atoms with Gasteiger partial charge in [0.05, 0.1) is 39.3 Å². The number of fused-ring (bicyclic) bond motifs is 6. The number of thiophene rings is 2. The SMILES string of the molecule is c1cc2nccn2cn1.c1ccn2cncc2c1.c1ccn2nccc2c1.c1cnn2cccc2c1.c1ncc2ccsc2n1.c1ncc2sccc2n1. The first kappa shape index (κ1) is 35.2. The van der Waals surface area contributed by atoms with E-state index < -0.39 is 0 Å². The van der Waals surface area contributed by atoms with Crippen LogP contribution in [0.5, 0.6) is 0 Å². The summed E-state index contributed by atoms with van der Waals surface area (Å²) in [5, 5.41) is 13.2. The predicted octanol–water partition coefficient (Wildman–Crippen LogP) is 8.11. The largest absolute Gasteiger partial charge is 0.306 e. The highest BCUT2D eigenvalue weighted by Gasteiger charge is 1.92. The first-order valence-corrected chi connectivity index (χ1v) is 18.2. The van der Waals surface area contributed by atoms with Gasteiger partial charge in [-0.05, 0) is 83.6 Å². The van der Waals surface area contributed by atoms with Crippen molar-refractivity contribution < 1.29 is 0 Å². The molecule has 13 nitrogen and oxygen atoms in total. The number of hydrogen-bond acceptors (Lipinski definition) is 11. The van der Waals surface area contributed by atoms with E-state index in [0.717, 1.165) is 42.6 Å². The quantitative estimate of drug-likeness (QED) is 0.151. The second-order valence-corrected chi connectivity index (χ2v) is 12.7. The molecule has 0 aliphatic rings. The van der Waals surface area contributed by atoms with Crippen LogP contribution in [0.2, 0.25) is 0 Å². The minimum absolute atomic E-state index is 0.935. The van der Waals surface area contributed by atoms with Gasteiger partial charge in [0.15, 0.2) is 0 Å². The molecule has 12 aromatic heterocycles. The number of nitrogens with zero attached hydrogens (tertiary/aromatic N) is 13. The number of rotatable bonds is 0. The van der Waals surface area contributed by atoms with E-state index in [-0.39, 0.29) is 0 Å². The molecule has 0 aliphatic carbocycles. The van der Waals surface area contributed by atoms with E-state index in [2.05, 4.69) is 45.1 Å². The van der Waals surface area contributed by atoms with E-state index in [1.807, 2.05) is 157 Å². The summed E-state index contributed by atoms with van der Waals surface area (Å²) >= 11 is 3.30. The standard InChI is InChI=1S/3C7H6N2.C6H5N3.2C6H4N2S/c1-3-7-4-2-6-9(7)8-5-1;1-2-6-9-7(3-1)4-5-8-9;1-2-4-9-6-8-5-7(9)3-1;1-2-7-5-9-4-3-8-6(1)9;1-2-9-6-3-7-4-8-5(1)6;1-2-9-6-5(1)3-7-4-8-6/h3*1-6H;1-5H;2*1-4H. The van der Waals surface area contributed by atoms with Gasteiger partial charge in [0.2, 0.25) is 0 Å². The van der Waals surface area contributed by atoms with Gasteiger partial charge < -0.3 is 4.40 Å². The normalized spacial score (nSPS) is 10.2. The zero-order valence-corrected chi connectivity index (χ0v) is 30.2. The van der Waals surface area contributed by atoms with Crippen molar-refractivity contribution in [1.82, 2.24) is 62.9 Å². The lowest BCUT2D eigenvalue weighted by Crippen LogP contribution is -1.84. The molecule has 12 heterocycles. The minimum Gasteiger partial charge on any atom is -0.306 e. The third-order valence-corrected chi connectivity index (χ3v) is 9.06. The lowest BCUT2D eigenvalue weighted by Gasteiger charge is -1.87. The second-order valence-electron chi connectivity index (χ2n) is 10.9. The monoisotopic (exact) mass is 745 g/mol. The summed E-state index contributed by atoms with van der Waals surface area (Å²) in [4.78, 5) is 28.8. The summed E-state index contributed by atoms with van der Waals surface area (Å²) in [6.07, 6.45) is 26.8. The Morgan fingerprint density at radius 2 is 1.22 bits per heavy atom. The third-order valence-electron chi connectivity index (χ3n) is 7.39. The number of pyridine rings is 2. The van der Waals surface area contributed by atoms with Gasteiger partial charge in [-0.25, -0.2) is 43.9 Å². The van der Waals surface area contributed by atoms with Crippen molar-refractivity contribution in [2.45, 2.75) is 0 Å². The molecular weight excluding hydrogens is 715 g/mol. The van der Waals surface area contributed by atoms with Crippen molar-refractivity contribution in [3.8, 4) is 0 Å². The van der Waals surface area contributed by atoms with E-state index in [1.165, 1.54) is 0 Å². The molecule has 0 spiro atoms. The fourth-order valence-corrected chi connectivity index (χ4v) is 6.22. The van der Waals surface area contributed by atoms with Crippen molar-refractivity contribution in [3.63, 3.8) is 0 Å². The Hall–Kier alpha value is -7.23. The van der Waals surface area contributed by atoms with Crippen molar-refractivity contribution in [2.24, 2.45) is 0 Å². The maximum Gasteiger partial charge on any atom is 0.139 e. The first-order chi connectivity index (χ1) is 26.8. The second kappa shape index (κ2) is 18.3. The zero-order chi connectivity index (χ0) is 36.6. The van der Waals surface area contributed by atoms with Crippen LogP contribution < -0.4 is 0 Å². The van der Waals surface area contributed by atoms with Crippen molar-refractivity contribution >= 4 is 65.3 Å². The molecule has 264 valence electrons. The highest BCUT2D eigenvalue weighted by atomic mass is 32.1. The van der Waals surface area contributed by atoms with Gasteiger partial charge in [-0.1, -0.05) is 12.1 Å². The third kappa shape index (κ3) is 9.55. The molecule has 0 saturated carbocycles. The summed E-state index contributed by atoms with van der Waals surface area (Å²) in [7, 11) is 0. The smallest absolute Gasteiger partial charge is 0.139 e. The lowest BCUT2D eigenvalue weighted by atomic mass is 10.4. The fourth-order valence-electron chi connectivity index (χ4n) is 4.81. The molecule has 12 aromatic rings. The zero-order valence-electron chi connectivity index (χ0n) is 28.5. The van der Waals surface area contributed by atoms with Crippen LogP contribution in [0.4, 0.5) is 0 Å². The Labute approximate surface area is 316 Å². The summed E-state index contributed by atoms with van der Waals surface area (Å²) in [5.41, 5.74) is 5.38. The van der Waals surface area contributed by atoms with Crippen LogP contribution in [0.25, 0.3) is 42.6 Å². The maximum absolute atomic E-state index is 4.06. The van der Waals surface area contributed by atoms with Gasteiger partial charge in [0.1, 0.15) is 29.5 Å². The average molecular weight is 746 g/mol. The molecule has 0 atom stereocenters. The van der Waals surface area contributed by atoms with Crippen molar-refractivity contribution in [2.75, 3.05) is 0 Å². The molecule has 0 bridgehead atoms. The Bertz CT molecular complexity index is 2210. The number of imidazole rings is 2. The molecule has 0 N–H and O–H groups in total. The van der Waals surface area contributed by atoms with Crippen LogP contribution in [-0.2, 0) is 0 Å². The summed E-state index contributed by atoms with van der Waals surface area (Å²) in [6, 6.07) is 27.8. The Kier molecular flexibility index (Phi) is 11.9. The molecule has 0 aromatic carbocycles. The Morgan fingerprint density at radius 1 is 0.463 bits per heavy atom. The highest BCUT2D eigenvalue weighted by molar-refractivity contribution is 7.17. The molecule has 0 radical (unpaired) electrons. The maximum atomic E-state index is 4.06. The van der Waals surface area contributed by atoms with Crippen LogP contribution in [0.3, 0.4) is 0 Å². The molecule has 0 amide bonds. The number of hydrogen-bond donors (Lipinski definition) is 0. The Balaban J connectivity index is 0.0000001000. The first-order valence-electron chi connectivity index (χ1n) is 16.4. The van der Waals surface area contributed by atoms with E-state index in [4.69, 9.17) is 0 Å². The van der Waals surface area contributed by atoms with Gasteiger partial charge in [0, 0.05) is 67.4 Å². The van der Waals surface area contributed by atoms with E-state index in [9.17, 15) is 0 Å². The van der Waals surface area contributed by atoms with Crippen molar-refractivity contribution in [1.29, 1.82) is 0 Å². The van der Waals surface area contributed by atoms with Crippen LogP contribution >= 0.6 is 22.7 Å². The summed E-state index contributed by atoms with van der Waals surface area (Å²) in [6.45, 7) is 0. The van der Waals surface area contributed by atoms with Crippen LogP contribution in [0.1, 0.15) is 0 Å². The molecule has 12 rings (SSSR count). The topological polar surface area (TPSA) is 134 Å². The predicted molar refractivity (Wildman–Crippen MR) is 213 cm³/mol. The van der Waals surface area contributed by atoms with Crippen LogP contribution in [0, 0.1) is 0 Å². The van der Waals surface area contributed by atoms with Crippen LogP contribution in [0.15, 0.2) is 189 Å². The van der Waals surface area contributed by atoms with Crippen molar-refractivity contribution in [3.05, 3.63) is 189 Å². The molecule has 0 fully saturated rings. The van der Waals surface area contributed by atoms with Gasteiger partial charge in [-0.15, -0.1) is 22.7 Å². The molecule has 0 aliphatic heterocycles. The minimum atomic E-state index is 0.935.